The molecule has 1 aliphatic rings. The second-order valence-corrected chi connectivity index (χ2v) is 4.35. The van der Waals surface area contributed by atoms with Crippen molar-refractivity contribution in [1.82, 2.24) is 4.90 Å². The zero-order chi connectivity index (χ0) is 14.0. The van der Waals surface area contributed by atoms with Crippen molar-refractivity contribution >= 4 is 5.91 Å². The molecule has 102 valence electrons. The number of aliphatic hydroxyl groups is 4. The summed E-state index contributed by atoms with van der Waals surface area (Å²) in [5.41, 5.74) is 0.786. The van der Waals surface area contributed by atoms with E-state index in [-0.39, 0.29) is 6.54 Å². The van der Waals surface area contributed by atoms with Crippen molar-refractivity contribution in [3.8, 4) is 0 Å². The van der Waals surface area contributed by atoms with Gasteiger partial charge in [0.2, 0.25) is 5.76 Å². The van der Waals surface area contributed by atoms with E-state index >= 15 is 0 Å². The lowest BCUT2D eigenvalue weighted by molar-refractivity contribution is -0.132. The van der Waals surface area contributed by atoms with Gasteiger partial charge in [-0.15, -0.1) is 0 Å². The number of carbonyl (C=O) groups excluding carboxylic acids is 1. The fourth-order valence-electron chi connectivity index (χ4n) is 2.10. The summed E-state index contributed by atoms with van der Waals surface area (Å²) in [6, 6.07) is 7.84. The van der Waals surface area contributed by atoms with Crippen LogP contribution in [0.4, 0.5) is 0 Å². The SMILES string of the molecule is O=C1C(O)=C(O)[C@H]([C@@H](O)CO)N1Cc1ccccc1. The third-order valence-electron chi connectivity index (χ3n) is 3.07. The van der Waals surface area contributed by atoms with Crippen LogP contribution in [0.2, 0.25) is 0 Å². The van der Waals surface area contributed by atoms with E-state index in [0.717, 1.165) is 10.5 Å². The van der Waals surface area contributed by atoms with Crippen molar-refractivity contribution in [3.05, 3.63) is 47.4 Å². The average molecular weight is 265 g/mol. The fraction of sp³-hybridized carbons (Fsp3) is 0.308. The first-order valence-electron chi connectivity index (χ1n) is 5.82. The zero-order valence-electron chi connectivity index (χ0n) is 10.1. The topological polar surface area (TPSA) is 101 Å². The maximum absolute atomic E-state index is 11.8. The minimum absolute atomic E-state index is 0.121. The van der Waals surface area contributed by atoms with Crippen LogP contribution in [0.5, 0.6) is 0 Å². The standard InChI is InChI=1S/C13H15NO5/c15-7-9(16)10-11(17)12(18)13(19)14(10)6-8-4-2-1-3-5-8/h1-5,9-10,15-18H,6-7H2/t9-,10-/m0/s1. The predicted molar refractivity (Wildman–Crippen MR) is 66.2 cm³/mol. The molecule has 0 bridgehead atoms. The van der Waals surface area contributed by atoms with Crippen LogP contribution in [-0.2, 0) is 11.3 Å². The minimum Gasteiger partial charge on any atom is -0.506 e. The normalized spacial score (nSPS) is 21.1. The summed E-state index contributed by atoms with van der Waals surface area (Å²) in [6.07, 6.45) is -1.35. The Bertz CT molecular complexity index is 499. The Kier molecular flexibility index (Phi) is 3.73. The first-order valence-corrected chi connectivity index (χ1v) is 5.82. The number of hydrogen-bond donors (Lipinski definition) is 4. The van der Waals surface area contributed by atoms with Crippen LogP contribution in [-0.4, -0.2) is 50.0 Å². The molecule has 2 rings (SSSR count). The second kappa shape index (κ2) is 5.29. The number of amides is 1. The van der Waals surface area contributed by atoms with Crippen LogP contribution < -0.4 is 0 Å². The Morgan fingerprint density at radius 3 is 2.42 bits per heavy atom. The van der Waals surface area contributed by atoms with Crippen LogP contribution in [0.15, 0.2) is 41.9 Å². The summed E-state index contributed by atoms with van der Waals surface area (Å²) in [7, 11) is 0. The van der Waals surface area contributed by atoms with Crippen molar-refractivity contribution in [2.75, 3.05) is 6.61 Å². The van der Waals surface area contributed by atoms with Crippen LogP contribution in [0.25, 0.3) is 0 Å². The molecule has 1 heterocycles. The number of carbonyl (C=O) groups is 1. The third kappa shape index (κ3) is 2.40. The van der Waals surface area contributed by atoms with Crippen LogP contribution >= 0.6 is 0 Å². The van der Waals surface area contributed by atoms with Gasteiger partial charge in [-0.25, -0.2) is 0 Å². The lowest BCUT2D eigenvalue weighted by Gasteiger charge is -2.27. The Morgan fingerprint density at radius 2 is 1.84 bits per heavy atom. The average Bonchev–Trinajstić information content (AvgIpc) is 2.64. The van der Waals surface area contributed by atoms with Crippen LogP contribution in [0, 0.1) is 0 Å². The molecule has 0 radical (unpaired) electrons. The summed E-state index contributed by atoms with van der Waals surface area (Å²) in [5.74, 6) is -2.16. The van der Waals surface area contributed by atoms with Gasteiger partial charge in [0.15, 0.2) is 5.76 Å². The summed E-state index contributed by atoms with van der Waals surface area (Å²) in [4.78, 5) is 12.9. The number of benzene rings is 1. The van der Waals surface area contributed by atoms with E-state index in [0.29, 0.717) is 0 Å². The molecule has 1 aromatic rings. The zero-order valence-corrected chi connectivity index (χ0v) is 10.1. The first-order chi connectivity index (χ1) is 9.06. The highest BCUT2D eigenvalue weighted by Gasteiger charge is 2.43. The van der Waals surface area contributed by atoms with Gasteiger partial charge in [0.05, 0.1) is 6.61 Å². The molecule has 0 aromatic heterocycles. The van der Waals surface area contributed by atoms with Crippen molar-refractivity contribution < 1.29 is 25.2 Å². The van der Waals surface area contributed by atoms with Gasteiger partial charge in [-0.2, -0.15) is 0 Å². The minimum atomic E-state index is -1.35. The van der Waals surface area contributed by atoms with Gasteiger partial charge >= 0.3 is 0 Å². The van der Waals surface area contributed by atoms with Gasteiger partial charge in [-0.3, -0.25) is 4.79 Å². The molecule has 0 aliphatic carbocycles. The highest BCUT2D eigenvalue weighted by Crippen LogP contribution is 2.26. The number of aliphatic hydroxyl groups excluding tert-OH is 4. The molecule has 1 amide bonds. The van der Waals surface area contributed by atoms with E-state index in [1.54, 1.807) is 24.3 Å². The van der Waals surface area contributed by atoms with E-state index in [2.05, 4.69) is 0 Å². The molecular weight excluding hydrogens is 250 g/mol. The summed E-state index contributed by atoms with van der Waals surface area (Å²) < 4.78 is 0. The van der Waals surface area contributed by atoms with Crippen molar-refractivity contribution in [2.24, 2.45) is 0 Å². The van der Waals surface area contributed by atoms with E-state index in [9.17, 15) is 20.1 Å². The van der Waals surface area contributed by atoms with Crippen molar-refractivity contribution in [2.45, 2.75) is 18.7 Å². The number of hydrogen-bond acceptors (Lipinski definition) is 5. The maximum Gasteiger partial charge on any atom is 0.293 e. The molecule has 6 nitrogen and oxygen atoms in total. The summed E-state index contributed by atoms with van der Waals surface area (Å²) >= 11 is 0. The van der Waals surface area contributed by atoms with Crippen LogP contribution in [0.1, 0.15) is 5.56 Å². The fourth-order valence-corrected chi connectivity index (χ4v) is 2.10. The van der Waals surface area contributed by atoms with Crippen LogP contribution in [0.3, 0.4) is 0 Å². The molecule has 1 aliphatic heterocycles. The third-order valence-corrected chi connectivity index (χ3v) is 3.07. The Morgan fingerprint density at radius 1 is 1.21 bits per heavy atom. The van der Waals surface area contributed by atoms with Gasteiger partial charge in [0.1, 0.15) is 12.1 Å². The first kappa shape index (κ1) is 13.4. The molecule has 6 heteroatoms. The highest BCUT2D eigenvalue weighted by molar-refractivity contribution is 5.94. The molecule has 4 N–H and O–H groups in total. The lowest BCUT2D eigenvalue weighted by Crippen LogP contribution is -2.44. The smallest absolute Gasteiger partial charge is 0.293 e. The van der Waals surface area contributed by atoms with Gasteiger partial charge in [0.25, 0.3) is 5.91 Å². The molecule has 0 saturated carbocycles. The monoisotopic (exact) mass is 265 g/mol. The Balaban J connectivity index is 2.26. The van der Waals surface area contributed by atoms with Gasteiger partial charge in [-0.05, 0) is 5.56 Å². The second-order valence-electron chi connectivity index (χ2n) is 4.35. The molecule has 0 unspecified atom stereocenters. The van der Waals surface area contributed by atoms with Gasteiger partial charge < -0.3 is 25.3 Å². The largest absolute Gasteiger partial charge is 0.506 e. The molecule has 2 atom stereocenters. The van der Waals surface area contributed by atoms with E-state index in [1.807, 2.05) is 6.07 Å². The van der Waals surface area contributed by atoms with Gasteiger partial charge in [-0.1, -0.05) is 30.3 Å². The molecule has 19 heavy (non-hydrogen) atoms. The molecule has 0 spiro atoms. The maximum atomic E-state index is 11.8. The molecular formula is C13H15NO5. The Hall–Kier alpha value is -2.05. The van der Waals surface area contributed by atoms with E-state index < -0.39 is 36.2 Å². The molecule has 1 aromatic carbocycles. The summed E-state index contributed by atoms with van der Waals surface area (Å²) in [5, 5.41) is 37.8. The quantitative estimate of drug-likeness (QED) is 0.617. The number of rotatable bonds is 4. The molecule has 0 saturated heterocycles. The highest BCUT2D eigenvalue weighted by atomic mass is 16.3. The van der Waals surface area contributed by atoms with Crippen molar-refractivity contribution in [1.29, 1.82) is 0 Å². The summed E-state index contributed by atoms with van der Waals surface area (Å²) in [6.45, 7) is -0.504. The van der Waals surface area contributed by atoms with Gasteiger partial charge in [0, 0.05) is 6.54 Å². The van der Waals surface area contributed by atoms with E-state index in [1.165, 1.54) is 0 Å². The van der Waals surface area contributed by atoms with E-state index in [4.69, 9.17) is 5.11 Å². The lowest BCUT2D eigenvalue weighted by atomic mass is 10.1. The van der Waals surface area contributed by atoms with Crippen molar-refractivity contribution in [3.63, 3.8) is 0 Å². The Labute approximate surface area is 109 Å². The molecule has 0 fully saturated rings. The predicted octanol–water partition coefficient (Wildman–Crippen LogP) is 0.0782. The number of nitrogens with zero attached hydrogens (tertiary/aromatic N) is 1.